The van der Waals surface area contributed by atoms with E-state index in [4.69, 9.17) is 10.9 Å². The summed E-state index contributed by atoms with van der Waals surface area (Å²) in [5, 5.41) is 8.48. The Morgan fingerprint density at radius 1 is 1.41 bits per heavy atom. The Hall–Kier alpha value is -1.72. The second-order valence-corrected chi connectivity index (χ2v) is 4.10. The first-order valence-corrected chi connectivity index (χ1v) is 5.11. The number of carboxylic acid groups (broad SMARTS) is 1. The Balaban J connectivity index is 0.000000302. The lowest BCUT2D eigenvalue weighted by atomic mass is 9.94. The van der Waals surface area contributed by atoms with Crippen LogP contribution in [0.15, 0.2) is 30.3 Å². The van der Waals surface area contributed by atoms with E-state index >= 15 is 0 Å². The number of carboxylic acids is 1. The number of carbonyl (C=O) groups excluding carboxylic acids is 1. The maximum absolute atomic E-state index is 10.3. The van der Waals surface area contributed by atoms with Crippen LogP contribution < -0.4 is 11.3 Å². The van der Waals surface area contributed by atoms with E-state index in [0.29, 0.717) is 0 Å². The quantitative estimate of drug-likeness (QED) is 0.414. The zero-order valence-electron chi connectivity index (χ0n) is 10.0. The average molecular weight is 238 g/mol. The van der Waals surface area contributed by atoms with Crippen molar-refractivity contribution in [3.05, 3.63) is 35.9 Å². The van der Waals surface area contributed by atoms with Gasteiger partial charge in [0.2, 0.25) is 0 Å². The number of carbonyl (C=O) groups is 2. The molecule has 0 heterocycles. The molecule has 0 spiro atoms. The molecule has 0 radical (unpaired) electrons. The third-order valence-electron chi connectivity index (χ3n) is 2.06. The van der Waals surface area contributed by atoms with Crippen molar-refractivity contribution < 1.29 is 14.7 Å². The number of nitrogens with one attached hydrogen (secondary N) is 1. The van der Waals surface area contributed by atoms with Crippen LogP contribution >= 0.6 is 0 Å². The van der Waals surface area contributed by atoms with Gasteiger partial charge in [-0.1, -0.05) is 30.3 Å². The van der Waals surface area contributed by atoms with Crippen LogP contribution in [0.3, 0.4) is 0 Å². The predicted octanol–water partition coefficient (Wildman–Crippen LogP) is 1.06. The second kappa shape index (κ2) is 7.54. The van der Waals surface area contributed by atoms with Crippen molar-refractivity contribution in [3.63, 3.8) is 0 Å². The fourth-order valence-electron chi connectivity index (χ4n) is 0.862. The summed E-state index contributed by atoms with van der Waals surface area (Å²) >= 11 is 0. The zero-order chi connectivity index (χ0) is 13.3. The van der Waals surface area contributed by atoms with Crippen molar-refractivity contribution in [3.8, 4) is 0 Å². The molecule has 0 bridgehead atoms. The van der Waals surface area contributed by atoms with Crippen molar-refractivity contribution in [2.75, 3.05) is 6.54 Å². The van der Waals surface area contributed by atoms with E-state index in [2.05, 4.69) is 5.43 Å². The lowest BCUT2D eigenvalue weighted by Crippen LogP contribution is -2.39. The third-order valence-corrected chi connectivity index (χ3v) is 2.06. The fraction of sp³-hybridized carbons (Fsp3) is 0.333. The van der Waals surface area contributed by atoms with Gasteiger partial charge in [-0.15, -0.1) is 0 Å². The largest absolute Gasteiger partial charge is 0.481 e. The summed E-state index contributed by atoms with van der Waals surface area (Å²) in [7, 11) is 0. The van der Waals surface area contributed by atoms with Crippen molar-refractivity contribution in [2.24, 2.45) is 11.3 Å². The zero-order valence-corrected chi connectivity index (χ0v) is 10.0. The number of hydrogen-bond donors (Lipinski definition) is 3. The average Bonchev–Trinajstić information content (AvgIpc) is 2.31. The number of hydrogen-bond acceptors (Lipinski definition) is 4. The third kappa shape index (κ3) is 6.44. The summed E-state index contributed by atoms with van der Waals surface area (Å²) < 4.78 is 0. The Labute approximate surface area is 101 Å². The molecule has 0 atom stereocenters. The minimum Gasteiger partial charge on any atom is -0.481 e. The topological polar surface area (TPSA) is 92.4 Å². The molecule has 0 aliphatic heterocycles. The maximum Gasteiger partial charge on any atom is 0.310 e. The minimum absolute atomic E-state index is 0.280. The van der Waals surface area contributed by atoms with Gasteiger partial charge in [-0.3, -0.25) is 20.9 Å². The Kier molecular flexibility index (Phi) is 6.77. The Bertz CT molecular complexity index is 350. The lowest BCUT2D eigenvalue weighted by Gasteiger charge is -2.17. The predicted molar refractivity (Wildman–Crippen MR) is 65.4 cm³/mol. The van der Waals surface area contributed by atoms with Crippen LogP contribution in [0, 0.1) is 5.41 Å². The first-order valence-electron chi connectivity index (χ1n) is 5.11. The highest BCUT2D eigenvalue weighted by molar-refractivity contribution is 5.74. The highest BCUT2D eigenvalue weighted by Gasteiger charge is 2.25. The fourth-order valence-corrected chi connectivity index (χ4v) is 0.862. The summed E-state index contributed by atoms with van der Waals surface area (Å²) in [4.78, 5) is 20.3. The number of hydrazine groups is 1. The van der Waals surface area contributed by atoms with Gasteiger partial charge in [0.1, 0.15) is 6.29 Å². The number of rotatable bonds is 4. The summed E-state index contributed by atoms with van der Waals surface area (Å²) in [6, 6.07) is 9.10. The molecule has 17 heavy (non-hydrogen) atoms. The van der Waals surface area contributed by atoms with Crippen molar-refractivity contribution in [1.82, 2.24) is 5.43 Å². The second-order valence-electron chi connectivity index (χ2n) is 4.10. The smallest absolute Gasteiger partial charge is 0.310 e. The van der Waals surface area contributed by atoms with Gasteiger partial charge >= 0.3 is 5.97 Å². The molecule has 94 valence electrons. The standard InChI is InChI=1S/C7H6O.C5H12N2O2/c8-6-7-4-2-1-3-5-7;1-5(2,3-7-6)4(8)9/h1-6H;7H,3,6H2,1-2H3,(H,8,9). The van der Waals surface area contributed by atoms with Crippen LogP contribution in [-0.4, -0.2) is 23.9 Å². The summed E-state index contributed by atoms with van der Waals surface area (Å²) in [6.45, 7) is 3.49. The number of aldehydes is 1. The molecule has 0 saturated heterocycles. The van der Waals surface area contributed by atoms with Crippen LogP contribution in [0.25, 0.3) is 0 Å². The highest BCUT2D eigenvalue weighted by Crippen LogP contribution is 2.11. The van der Waals surface area contributed by atoms with Crippen LogP contribution in [0.4, 0.5) is 0 Å². The molecule has 0 saturated carbocycles. The van der Waals surface area contributed by atoms with Gasteiger partial charge < -0.3 is 5.11 Å². The van der Waals surface area contributed by atoms with Crippen molar-refractivity contribution in [1.29, 1.82) is 0 Å². The first kappa shape index (κ1) is 15.3. The molecule has 0 fully saturated rings. The highest BCUT2D eigenvalue weighted by atomic mass is 16.4. The summed E-state index contributed by atoms with van der Waals surface area (Å²) in [5.74, 6) is 4.09. The van der Waals surface area contributed by atoms with Crippen LogP contribution in [0.5, 0.6) is 0 Å². The van der Waals surface area contributed by atoms with Crippen molar-refractivity contribution >= 4 is 12.3 Å². The molecule has 1 aromatic rings. The number of aliphatic carboxylic acids is 1. The molecule has 1 aromatic carbocycles. The Morgan fingerprint density at radius 3 is 2.18 bits per heavy atom. The molecule has 0 aliphatic carbocycles. The molecule has 5 heteroatoms. The molecular formula is C12H18N2O3. The molecule has 0 unspecified atom stereocenters. The molecular weight excluding hydrogens is 220 g/mol. The minimum atomic E-state index is -0.847. The van der Waals surface area contributed by atoms with E-state index in [-0.39, 0.29) is 6.54 Å². The summed E-state index contributed by atoms with van der Waals surface area (Å²) in [5.41, 5.74) is 2.27. The van der Waals surface area contributed by atoms with Gasteiger partial charge in [-0.05, 0) is 13.8 Å². The molecule has 4 N–H and O–H groups in total. The molecule has 5 nitrogen and oxygen atoms in total. The van der Waals surface area contributed by atoms with E-state index < -0.39 is 11.4 Å². The van der Waals surface area contributed by atoms with E-state index in [9.17, 15) is 9.59 Å². The van der Waals surface area contributed by atoms with E-state index in [0.717, 1.165) is 11.8 Å². The normalized spacial score (nSPS) is 10.1. The lowest BCUT2D eigenvalue weighted by molar-refractivity contribution is -0.146. The van der Waals surface area contributed by atoms with Gasteiger partial charge in [0.05, 0.1) is 5.41 Å². The van der Waals surface area contributed by atoms with Gasteiger partial charge in [-0.25, -0.2) is 0 Å². The number of nitrogens with two attached hydrogens (primary N) is 1. The van der Waals surface area contributed by atoms with Gasteiger partial charge in [0.25, 0.3) is 0 Å². The SMILES string of the molecule is CC(C)(CNN)C(=O)O.O=Cc1ccccc1. The van der Waals surface area contributed by atoms with E-state index in [1.54, 1.807) is 26.0 Å². The van der Waals surface area contributed by atoms with Crippen molar-refractivity contribution in [2.45, 2.75) is 13.8 Å². The molecule has 0 aliphatic rings. The van der Waals surface area contributed by atoms with Crippen LogP contribution in [0.1, 0.15) is 24.2 Å². The molecule has 0 amide bonds. The monoisotopic (exact) mass is 238 g/mol. The van der Waals surface area contributed by atoms with Crippen LogP contribution in [-0.2, 0) is 4.79 Å². The number of benzene rings is 1. The van der Waals surface area contributed by atoms with E-state index in [1.165, 1.54) is 0 Å². The van der Waals surface area contributed by atoms with E-state index in [1.807, 2.05) is 18.2 Å². The summed E-state index contributed by atoms with van der Waals surface area (Å²) in [6.07, 6.45) is 0.833. The molecule has 1 rings (SSSR count). The molecule has 0 aromatic heterocycles. The Morgan fingerprint density at radius 2 is 1.94 bits per heavy atom. The van der Waals surface area contributed by atoms with Gasteiger partial charge in [-0.2, -0.15) is 0 Å². The van der Waals surface area contributed by atoms with Crippen LogP contribution in [0.2, 0.25) is 0 Å². The van der Waals surface area contributed by atoms with Gasteiger partial charge in [0, 0.05) is 12.1 Å². The van der Waals surface area contributed by atoms with Gasteiger partial charge in [0.15, 0.2) is 0 Å². The first-order chi connectivity index (χ1) is 7.94. The maximum atomic E-state index is 10.3.